The lowest BCUT2D eigenvalue weighted by Crippen LogP contribution is -2.29. The minimum Gasteiger partial charge on any atom is -0.496 e. The van der Waals surface area contributed by atoms with E-state index in [0.717, 1.165) is 23.1 Å². The van der Waals surface area contributed by atoms with Crippen molar-refractivity contribution in [3.63, 3.8) is 0 Å². The van der Waals surface area contributed by atoms with Gasteiger partial charge in [0.1, 0.15) is 5.75 Å². The van der Waals surface area contributed by atoms with Crippen LogP contribution in [-0.4, -0.2) is 52.3 Å². The molecule has 1 atom stereocenters. The molecule has 1 fully saturated rings. The Balaban J connectivity index is 1.61. The average Bonchev–Trinajstić information content (AvgIpc) is 3.33. The van der Waals surface area contributed by atoms with Gasteiger partial charge in [-0.3, -0.25) is 4.79 Å². The molecule has 0 spiro atoms. The molecule has 0 bridgehead atoms. The van der Waals surface area contributed by atoms with Crippen LogP contribution in [0.3, 0.4) is 0 Å². The molecule has 146 valence electrons. The molecule has 0 aliphatic carbocycles. The summed E-state index contributed by atoms with van der Waals surface area (Å²) in [6.45, 7) is 2.36. The van der Waals surface area contributed by atoms with Gasteiger partial charge in [0, 0.05) is 42.2 Å². The van der Waals surface area contributed by atoms with Gasteiger partial charge in [-0.05, 0) is 36.8 Å². The lowest BCUT2D eigenvalue weighted by Gasteiger charge is -2.18. The molecule has 2 N–H and O–H groups in total. The number of carbonyl (C=O) groups is 1. The van der Waals surface area contributed by atoms with E-state index >= 15 is 0 Å². The summed E-state index contributed by atoms with van der Waals surface area (Å²) >= 11 is 6.09. The van der Waals surface area contributed by atoms with Crippen LogP contribution in [0, 0.1) is 0 Å². The molecule has 0 unspecified atom stereocenters. The van der Waals surface area contributed by atoms with Gasteiger partial charge in [0.25, 0.3) is 5.91 Å². The van der Waals surface area contributed by atoms with Gasteiger partial charge in [0.15, 0.2) is 5.65 Å². The van der Waals surface area contributed by atoms with Crippen molar-refractivity contribution in [3.05, 3.63) is 52.8 Å². The second kappa shape index (κ2) is 7.77. The maximum Gasteiger partial charge on any atom is 0.257 e. The lowest BCUT2D eigenvalue weighted by molar-refractivity contribution is 0.0787. The Morgan fingerprint density at radius 1 is 1.39 bits per heavy atom. The summed E-state index contributed by atoms with van der Waals surface area (Å²) in [6.07, 6.45) is 2.61. The van der Waals surface area contributed by atoms with Gasteiger partial charge >= 0.3 is 0 Å². The van der Waals surface area contributed by atoms with E-state index < -0.39 is 0 Å². The van der Waals surface area contributed by atoms with Gasteiger partial charge in [-0.1, -0.05) is 11.6 Å². The van der Waals surface area contributed by atoms with Crippen LogP contribution in [0.15, 0.2) is 36.5 Å². The van der Waals surface area contributed by atoms with Gasteiger partial charge in [-0.25, -0.2) is 9.67 Å². The van der Waals surface area contributed by atoms with E-state index in [2.05, 4.69) is 4.98 Å². The summed E-state index contributed by atoms with van der Waals surface area (Å²) in [4.78, 5) is 19.4. The first kappa shape index (κ1) is 18.7. The highest BCUT2D eigenvalue weighted by molar-refractivity contribution is 6.31. The molecule has 28 heavy (non-hydrogen) atoms. The maximum absolute atomic E-state index is 13.1. The molecule has 2 aromatic heterocycles. The second-order valence-electron chi connectivity index (χ2n) is 6.85. The van der Waals surface area contributed by atoms with Crippen LogP contribution in [0.4, 0.5) is 0 Å². The Morgan fingerprint density at radius 3 is 3.04 bits per heavy atom. The van der Waals surface area contributed by atoms with Gasteiger partial charge in [-0.2, -0.15) is 5.10 Å². The van der Waals surface area contributed by atoms with E-state index in [1.54, 1.807) is 31.5 Å². The highest BCUT2D eigenvalue weighted by atomic mass is 35.5. The number of carbonyl (C=O) groups excluding carboxylic acids is 1. The van der Waals surface area contributed by atoms with Crippen molar-refractivity contribution >= 4 is 28.5 Å². The number of amides is 1. The van der Waals surface area contributed by atoms with Crippen LogP contribution in [0.25, 0.3) is 11.0 Å². The number of rotatable bonds is 5. The van der Waals surface area contributed by atoms with E-state index in [-0.39, 0.29) is 11.8 Å². The van der Waals surface area contributed by atoms with Crippen molar-refractivity contribution in [2.45, 2.75) is 18.9 Å². The Kier molecular flexibility index (Phi) is 5.19. The van der Waals surface area contributed by atoms with Gasteiger partial charge in [0.2, 0.25) is 0 Å². The summed E-state index contributed by atoms with van der Waals surface area (Å²) in [5, 5.41) is 6.30. The van der Waals surface area contributed by atoms with Gasteiger partial charge < -0.3 is 15.4 Å². The quantitative estimate of drug-likeness (QED) is 0.712. The van der Waals surface area contributed by atoms with E-state index in [1.807, 2.05) is 21.7 Å². The number of nitrogens with two attached hydrogens (primary N) is 1. The number of ether oxygens (including phenoxy) is 1. The van der Waals surface area contributed by atoms with Crippen molar-refractivity contribution in [1.82, 2.24) is 19.7 Å². The first-order chi connectivity index (χ1) is 13.6. The highest BCUT2D eigenvalue weighted by Crippen LogP contribution is 2.33. The van der Waals surface area contributed by atoms with Crippen molar-refractivity contribution in [3.8, 4) is 5.75 Å². The molecule has 8 heteroatoms. The van der Waals surface area contributed by atoms with Gasteiger partial charge in [-0.15, -0.1) is 0 Å². The molecular formula is C20H22ClN5O2. The zero-order chi connectivity index (χ0) is 19.7. The molecule has 1 aromatic carbocycles. The fraction of sp³-hybridized carbons (Fsp3) is 0.350. The summed E-state index contributed by atoms with van der Waals surface area (Å²) in [5.74, 6) is 0.602. The molecule has 3 heterocycles. The van der Waals surface area contributed by atoms with E-state index in [0.29, 0.717) is 42.5 Å². The van der Waals surface area contributed by atoms with Crippen molar-refractivity contribution < 1.29 is 9.53 Å². The predicted molar refractivity (Wildman–Crippen MR) is 108 cm³/mol. The zero-order valence-electron chi connectivity index (χ0n) is 15.6. The fourth-order valence-corrected chi connectivity index (χ4v) is 3.97. The normalized spacial score (nSPS) is 16.7. The Bertz CT molecular complexity index is 1020. The minimum atomic E-state index is -0.0781. The number of aromatic nitrogens is 3. The first-order valence-electron chi connectivity index (χ1n) is 9.26. The van der Waals surface area contributed by atoms with Crippen LogP contribution in [0.5, 0.6) is 5.75 Å². The van der Waals surface area contributed by atoms with Crippen molar-refractivity contribution in [2.24, 2.45) is 5.73 Å². The predicted octanol–water partition coefficient (Wildman–Crippen LogP) is 2.68. The lowest BCUT2D eigenvalue weighted by atomic mass is 10.0. The topological polar surface area (TPSA) is 86.3 Å². The molecule has 0 saturated carbocycles. The molecule has 4 rings (SSSR count). The number of halogens is 1. The van der Waals surface area contributed by atoms with Gasteiger partial charge in [0.05, 0.1) is 24.9 Å². The maximum atomic E-state index is 13.1. The Hall–Kier alpha value is -2.64. The highest BCUT2D eigenvalue weighted by Gasteiger charge is 2.32. The smallest absolute Gasteiger partial charge is 0.257 e. The van der Waals surface area contributed by atoms with E-state index in [4.69, 9.17) is 27.2 Å². The zero-order valence-corrected chi connectivity index (χ0v) is 16.4. The number of fused-ring (bicyclic) bond motifs is 1. The van der Waals surface area contributed by atoms with Crippen molar-refractivity contribution in [2.75, 3.05) is 26.7 Å². The summed E-state index contributed by atoms with van der Waals surface area (Å²) in [6, 6.07) is 9.03. The largest absolute Gasteiger partial charge is 0.496 e. The molecule has 0 radical (unpaired) electrons. The van der Waals surface area contributed by atoms with E-state index in [1.165, 1.54) is 0 Å². The standard InChI is InChI=1S/C20H22ClN5O2/c1-28-17-5-4-14(21)11-16(17)20(27)25-9-6-13(12-25)18-15-3-2-8-23-19(15)26(24-18)10-7-22/h2-5,8,11,13H,6-7,9-10,12,22H2,1H3/t13-/m1/s1. The van der Waals surface area contributed by atoms with Crippen LogP contribution >= 0.6 is 11.6 Å². The third kappa shape index (κ3) is 3.31. The molecule has 1 aliphatic rings. The van der Waals surface area contributed by atoms with Crippen LogP contribution in [0.2, 0.25) is 5.02 Å². The fourth-order valence-electron chi connectivity index (χ4n) is 3.80. The molecule has 3 aromatic rings. The molecule has 1 saturated heterocycles. The number of pyridine rings is 1. The monoisotopic (exact) mass is 399 g/mol. The van der Waals surface area contributed by atoms with Crippen LogP contribution < -0.4 is 10.5 Å². The number of hydrogen-bond acceptors (Lipinski definition) is 5. The van der Waals surface area contributed by atoms with E-state index in [9.17, 15) is 4.79 Å². The number of benzene rings is 1. The van der Waals surface area contributed by atoms with Crippen LogP contribution in [0.1, 0.15) is 28.4 Å². The minimum absolute atomic E-state index is 0.0781. The van der Waals surface area contributed by atoms with Crippen LogP contribution in [-0.2, 0) is 6.54 Å². The summed E-state index contributed by atoms with van der Waals surface area (Å²) < 4.78 is 7.19. The molecular weight excluding hydrogens is 378 g/mol. The summed E-state index contributed by atoms with van der Waals surface area (Å²) in [7, 11) is 1.55. The third-order valence-corrected chi connectivity index (χ3v) is 5.37. The average molecular weight is 400 g/mol. The number of hydrogen-bond donors (Lipinski definition) is 1. The second-order valence-corrected chi connectivity index (χ2v) is 7.29. The SMILES string of the molecule is COc1ccc(Cl)cc1C(=O)N1CC[C@@H](c2nn(CCN)c3ncccc23)C1. The number of nitrogens with zero attached hydrogens (tertiary/aromatic N) is 4. The number of methoxy groups -OCH3 is 1. The Labute approximate surface area is 168 Å². The molecule has 7 nitrogen and oxygen atoms in total. The number of likely N-dealkylation sites (tertiary alicyclic amines) is 1. The third-order valence-electron chi connectivity index (χ3n) is 5.13. The molecule has 1 amide bonds. The first-order valence-corrected chi connectivity index (χ1v) is 9.64. The Morgan fingerprint density at radius 2 is 2.25 bits per heavy atom. The molecule has 1 aliphatic heterocycles. The summed E-state index contributed by atoms with van der Waals surface area (Å²) in [5.41, 5.74) is 8.01. The van der Waals surface area contributed by atoms with Crippen molar-refractivity contribution in [1.29, 1.82) is 0 Å².